The van der Waals surface area contributed by atoms with Gasteiger partial charge in [0.25, 0.3) is 0 Å². The first kappa shape index (κ1) is 16.9. The standard InChI is InChI=1S/C18H21N5O2/c1-13(15-7-4-3-5-8-15)20-16(24)9-6-11-23-18(25)17-19-10-12-22(17)14(2)21-23/h3-5,7-8,10,12-13H,6,9,11H2,1-2H3,(H,20,24)/t13-/m0/s1. The van der Waals surface area contributed by atoms with Gasteiger partial charge in [0.2, 0.25) is 11.6 Å². The molecule has 1 atom stereocenters. The highest BCUT2D eigenvalue weighted by molar-refractivity contribution is 5.76. The SMILES string of the molecule is Cc1nn(CCCC(=O)N[C@@H](C)c2ccccc2)c(=O)c2nccn12. The van der Waals surface area contributed by atoms with Gasteiger partial charge in [-0.15, -0.1) is 0 Å². The van der Waals surface area contributed by atoms with Crippen molar-refractivity contribution in [3.8, 4) is 0 Å². The molecular weight excluding hydrogens is 318 g/mol. The van der Waals surface area contributed by atoms with Crippen LogP contribution in [0.1, 0.15) is 37.2 Å². The number of rotatable bonds is 6. The molecule has 0 saturated heterocycles. The summed E-state index contributed by atoms with van der Waals surface area (Å²) >= 11 is 0. The van der Waals surface area contributed by atoms with Crippen molar-refractivity contribution in [1.29, 1.82) is 0 Å². The summed E-state index contributed by atoms with van der Waals surface area (Å²) in [5, 5.41) is 7.24. The van der Waals surface area contributed by atoms with Gasteiger partial charge in [-0.25, -0.2) is 9.67 Å². The maximum Gasteiger partial charge on any atom is 0.310 e. The van der Waals surface area contributed by atoms with E-state index in [1.165, 1.54) is 4.68 Å². The molecule has 0 fully saturated rings. The van der Waals surface area contributed by atoms with Gasteiger partial charge in [-0.3, -0.25) is 14.0 Å². The summed E-state index contributed by atoms with van der Waals surface area (Å²) in [4.78, 5) is 28.5. The molecule has 3 rings (SSSR count). The number of imidazole rings is 1. The zero-order chi connectivity index (χ0) is 17.8. The van der Waals surface area contributed by atoms with Gasteiger partial charge in [-0.1, -0.05) is 30.3 Å². The monoisotopic (exact) mass is 339 g/mol. The van der Waals surface area contributed by atoms with E-state index in [0.717, 1.165) is 5.56 Å². The molecule has 0 radical (unpaired) electrons. The number of nitrogens with one attached hydrogen (secondary N) is 1. The Kier molecular flexibility index (Phi) is 4.92. The first-order chi connectivity index (χ1) is 12.1. The lowest BCUT2D eigenvalue weighted by Crippen LogP contribution is -2.29. The van der Waals surface area contributed by atoms with E-state index in [2.05, 4.69) is 15.4 Å². The van der Waals surface area contributed by atoms with Crippen LogP contribution < -0.4 is 10.9 Å². The van der Waals surface area contributed by atoms with Crippen LogP contribution >= 0.6 is 0 Å². The van der Waals surface area contributed by atoms with Crippen LogP contribution in [0.5, 0.6) is 0 Å². The Morgan fingerprint density at radius 3 is 2.80 bits per heavy atom. The third kappa shape index (κ3) is 3.76. The second-order valence-corrected chi connectivity index (χ2v) is 6.00. The van der Waals surface area contributed by atoms with Crippen molar-refractivity contribution in [3.63, 3.8) is 0 Å². The van der Waals surface area contributed by atoms with Crippen molar-refractivity contribution in [3.05, 3.63) is 64.5 Å². The predicted octanol–water partition coefficient (Wildman–Crippen LogP) is 1.86. The van der Waals surface area contributed by atoms with Gasteiger partial charge in [-0.05, 0) is 25.8 Å². The van der Waals surface area contributed by atoms with E-state index in [4.69, 9.17) is 0 Å². The summed E-state index contributed by atoms with van der Waals surface area (Å²) in [5.74, 6) is 0.650. The maximum absolute atomic E-state index is 12.3. The molecule has 1 N–H and O–H groups in total. The second kappa shape index (κ2) is 7.29. The largest absolute Gasteiger partial charge is 0.350 e. The number of benzene rings is 1. The third-order valence-corrected chi connectivity index (χ3v) is 4.13. The lowest BCUT2D eigenvalue weighted by molar-refractivity contribution is -0.121. The van der Waals surface area contributed by atoms with E-state index < -0.39 is 0 Å². The zero-order valence-electron chi connectivity index (χ0n) is 14.3. The van der Waals surface area contributed by atoms with Crippen LogP contribution in [-0.2, 0) is 11.3 Å². The molecule has 130 valence electrons. The smallest absolute Gasteiger partial charge is 0.310 e. The van der Waals surface area contributed by atoms with Gasteiger partial charge in [-0.2, -0.15) is 5.10 Å². The molecule has 3 aromatic rings. The summed E-state index contributed by atoms with van der Waals surface area (Å²) in [6.07, 6.45) is 4.16. The predicted molar refractivity (Wildman–Crippen MR) is 94.2 cm³/mol. The summed E-state index contributed by atoms with van der Waals surface area (Å²) in [6, 6.07) is 9.77. The number of carbonyl (C=O) groups excluding carboxylic acids is 1. The van der Waals surface area contributed by atoms with Crippen molar-refractivity contribution in [1.82, 2.24) is 24.5 Å². The summed E-state index contributed by atoms with van der Waals surface area (Å²) in [6.45, 7) is 4.16. The number of nitrogens with zero attached hydrogens (tertiary/aromatic N) is 4. The third-order valence-electron chi connectivity index (χ3n) is 4.13. The van der Waals surface area contributed by atoms with Gasteiger partial charge in [0, 0.05) is 25.4 Å². The number of hydrogen-bond donors (Lipinski definition) is 1. The number of fused-ring (bicyclic) bond motifs is 1. The summed E-state index contributed by atoms with van der Waals surface area (Å²) in [5.41, 5.74) is 1.18. The fourth-order valence-electron chi connectivity index (χ4n) is 2.79. The molecule has 1 aromatic carbocycles. The average Bonchev–Trinajstić information content (AvgIpc) is 3.10. The van der Waals surface area contributed by atoms with Gasteiger partial charge in [0.1, 0.15) is 5.82 Å². The Bertz CT molecular complexity index is 930. The Morgan fingerprint density at radius 1 is 1.28 bits per heavy atom. The molecule has 0 saturated carbocycles. The fourth-order valence-corrected chi connectivity index (χ4v) is 2.79. The Labute approximate surface area is 145 Å². The molecule has 2 heterocycles. The molecule has 1 amide bonds. The highest BCUT2D eigenvalue weighted by Crippen LogP contribution is 2.11. The minimum atomic E-state index is -0.242. The van der Waals surface area contributed by atoms with Crippen LogP contribution in [0, 0.1) is 6.92 Å². The molecule has 0 unspecified atom stereocenters. The van der Waals surface area contributed by atoms with E-state index >= 15 is 0 Å². The zero-order valence-corrected chi connectivity index (χ0v) is 14.3. The van der Waals surface area contributed by atoms with Crippen molar-refractivity contribution in [2.75, 3.05) is 0 Å². The number of carbonyl (C=O) groups is 1. The van der Waals surface area contributed by atoms with Crippen molar-refractivity contribution in [2.45, 2.75) is 39.3 Å². The molecule has 25 heavy (non-hydrogen) atoms. The molecule has 0 aliphatic rings. The van der Waals surface area contributed by atoms with E-state index in [0.29, 0.717) is 30.9 Å². The second-order valence-electron chi connectivity index (χ2n) is 6.00. The topological polar surface area (TPSA) is 81.3 Å². The molecule has 2 aromatic heterocycles. The van der Waals surface area contributed by atoms with Crippen LogP contribution in [0.4, 0.5) is 0 Å². The van der Waals surface area contributed by atoms with Crippen LogP contribution in [0.25, 0.3) is 5.65 Å². The Morgan fingerprint density at radius 2 is 2.04 bits per heavy atom. The molecule has 7 nitrogen and oxygen atoms in total. The molecule has 7 heteroatoms. The average molecular weight is 339 g/mol. The molecule has 0 spiro atoms. The minimum absolute atomic E-state index is 0.0389. The quantitative estimate of drug-likeness (QED) is 0.743. The van der Waals surface area contributed by atoms with E-state index in [1.54, 1.807) is 16.8 Å². The van der Waals surface area contributed by atoms with Gasteiger partial charge < -0.3 is 5.32 Å². The highest BCUT2D eigenvalue weighted by Gasteiger charge is 2.11. The van der Waals surface area contributed by atoms with Crippen LogP contribution in [0.15, 0.2) is 47.5 Å². The Balaban J connectivity index is 1.57. The first-order valence-electron chi connectivity index (χ1n) is 8.31. The van der Waals surface area contributed by atoms with Crippen molar-refractivity contribution >= 4 is 11.6 Å². The van der Waals surface area contributed by atoms with Crippen LogP contribution in [-0.4, -0.2) is 25.1 Å². The fraction of sp³-hybridized carbons (Fsp3) is 0.333. The number of aromatic nitrogens is 4. The highest BCUT2D eigenvalue weighted by atomic mass is 16.1. The lowest BCUT2D eigenvalue weighted by Gasteiger charge is -2.14. The van der Waals surface area contributed by atoms with E-state index in [9.17, 15) is 9.59 Å². The van der Waals surface area contributed by atoms with Crippen LogP contribution in [0.3, 0.4) is 0 Å². The summed E-state index contributed by atoms with van der Waals surface area (Å²) in [7, 11) is 0. The number of amides is 1. The van der Waals surface area contributed by atoms with E-state index in [1.807, 2.05) is 44.2 Å². The van der Waals surface area contributed by atoms with Crippen molar-refractivity contribution in [2.24, 2.45) is 0 Å². The molecule has 0 bridgehead atoms. The number of aryl methyl sites for hydroxylation is 2. The van der Waals surface area contributed by atoms with Gasteiger partial charge in [0.15, 0.2) is 0 Å². The van der Waals surface area contributed by atoms with E-state index in [-0.39, 0.29) is 17.5 Å². The maximum atomic E-state index is 12.3. The first-order valence-corrected chi connectivity index (χ1v) is 8.31. The Hall–Kier alpha value is -2.96. The van der Waals surface area contributed by atoms with Gasteiger partial charge >= 0.3 is 5.56 Å². The summed E-state index contributed by atoms with van der Waals surface area (Å²) < 4.78 is 3.04. The molecule has 0 aliphatic heterocycles. The lowest BCUT2D eigenvalue weighted by atomic mass is 10.1. The normalized spacial score (nSPS) is 12.2. The molecular formula is C18H21N5O2. The van der Waals surface area contributed by atoms with Crippen LogP contribution in [0.2, 0.25) is 0 Å². The molecule has 0 aliphatic carbocycles. The van der Waals surface area contributed by atoms with Gasteiger partial charge in [0.05, 0.1) is 6.04 Å². The minimum Gasteiger partial charge on any atom is -0.350 e. The number of hydrogen-bond acceptors (Lipinski definition) is 4. The van der Waals surface area contributed by atoms with Crippen molar-refractivity contribution < 1.29 is 4.79 Å².